The molecule has 1 fully saturated rings. The molecule has 1 atom stereocenters. The second-order valence-corrected chi connectivity index (χ2v) is 6.67. The van der Waals surface area contributed by atoms with Crippen LogP contribution in [0.15, 0.2) is 4.42 Å². The van der Waals surface area contributed by atoms with E-state index >= 15 is 0 Å². The van der Waals surface area contributed by atoms with Crippen LogP contribution in [0.5, 0.6) is 0 Å². The van der Waals surface area contributed by atoms with E-state index in [0.29, 0.717) is 24.9 Å². The highest BCUT2D eigenvalue weighted by molar-refractivity contribution is 5.81. The minimum Gasteiger partial charge on any atom is -0.423 e. The van der Waals surface area contributed by atoms with Crippen LogP contribution in [0.4, 0.5) is 0 Å². The molecule has 1 N–H and O–H groups in total. The molecule has 0 aliphatic carbocycles. The normalized spacial score (nSPS) is 20.5. The van der Waals surface area contributed by atoms with Crippen LogP contribution in [0.1, 0.15) is 32.6 Å². The Hall–Kier alpha value is -1.47. The molecule has 0 bridgehead atoms. The smallest absolute Gasteiger partial charge is 0.240 e. The van der Waals surface area contributed by atoms with Gasteiger partial charge in [-0.05, 0) is 0 Å². The zero-order valence-electron chi connectivity index (χ0n) is 13.5. The Morgan fingerprint density at radius 2 is 2.14 bits per heavy atom. The molecule has 1 aliphatic heterocycles. The first-order chi connectivity index (χ1) is 9.79. The number of likely N-dealkylation sites (N-methyl/N-ethyl adjacent to an activating group) is 1. The topological polar surface area (TPSA) is 74.5 Å². The Morgan fingerprint density at radius 3 is 2.71 bits per heavy atom. The van der Waals surface area contributed by atoms with Crippen molar-refractivity contribution >= 4 is 5.91 Å². The van der Waals surface area contributed by atoms with E-state index in [1.165, 1.54) is 0 Å². The average Bonchev–Trinajstić information content (AvgIpc) is 2.87. The molecule has 0 radical (unpaired) electrons. The molecule has 0 saturated carbocycles. The van der Waals surface area contributed by atoms with Gasteiger partial charge in [0.05, 0.1) is 6.54 Å². The molecule has 0 aromatic carbocycles. The van der Waals surface area contributed by atoms with Crippen LogP contribution in [0.2, 0.25) is 0 Å². The zero-order valence-corrected chi connectivity index (χ0v) is 13.5. The van der Waals surface area contributed by atoms with Gasteiger partial charge in [-0.2, -0.15) is 0 Å². The van der Waals surface area contributed by atoms with Gasteiger partial charge in [-0.15, -0.1) is 10.2 Å². The first-order valence-corrected chi connectivity index (χ1v) is 7.28. The summed E-state index contributed by atoms with van der Waals surface area (Å²) in [7, 11) is 3.55. The molecule has 1 amide bonds. The van der Waals surface area contributed by atoms with Gasteiger partial charge in [0.15, 0.2) is 0 Å². The summed E-state index contributed by atoms with van der Waals surface area (Å²) in [6, 6.07) is -0.182. The second-order valence-electron chi connectivity index (χ2n) is 6.67. The molecule has 1 unspecified atom stereocenters. The first kappa shape index (κ1) is 15.9. The predicted octanol–water partition coefficient (Wildman–Crippen LogP) is 0.229. The summed E-state index contributed by atoms with van der Waals surface area (Å²) < 4.78 is 5.73. The SMILES string of the molecule is CN(C)C(=O)C1CNCCN1Cc1nnc(C(C)(C)C)o1. The summed E-state index contributed by atoms with van der Waals surface area (Å²) in [5.41, 5.74) is -0.159. The van der Waals surface area contributed by atoms with E-state index in [9.17, 15) is 4.79 Å². The number of hydrogen-bond acceptors (Lipinski definition) is 6. The van der Waals surface area contributed by atoms with Gasteiger partial charge in [-0.1, -0.05) is 20.8 Å². The number of piperazine rings is 1. The molecule has 2 rings (SSSR count). The van der Waals surface area contributed by atoms with Crippen molar-refractivity contribution in [2.45, 2.75) is 38.8 Å². The van der Waals surface area contributed by atoms with Gasteiger partial charge >= 0.3 is 0 Å². The lowest BCUT2D eigenvalue weighted by atomic mass is 9.97. The van der Waals surface area contributed by atoms with Gasteiger partial charge in [0.2, 0.25) is 17.7 Å². The van der Waals surface area contributed by atoms with Crippen molar-refractivity contribution in [3.8, 4) is 0 Å². The van der Waals surface area contributed by atoms with Crippen molar-refractivity contribution in [2.75, 3.05) is 33.7 Å². The van der Waals surface area contributed by atoms with E-state index in [2.05, 4.69) is 20.4 Å². The quantitative estimate of drug-likeness (QED) is 0.860. The molecule has 1 saturated heterocycles. The standard InChI is InChI=1S/C14H25N5O2/c1-14(2,3)13-17-16-11(21-13)9-19-7-6-15-8-10(19)12(20)18(4)5/h10,15H,6-9H2,1-5H3. The zero-order chi connectivity index (χ0) is 15.6. The van der Waals surface area contributed by atoms with E-state index in [1.54, 1.807) is 19.0 Å². The Kier molecular flexibility index (Phi) is 4.63. The van der Waals surface area contributed by atoms with Crippen LogP contribution in [0, 0.1) is 0 Å². The number of amides is 1. The van der Waals surface area contributed by atoms with E-state index in [-0.39, 0.29) is 17.4 Å². The molecule has 2 heterocycles. The van der Waals surface area contributed by atoms with Crippen LogP contribution in [-0.4, -0.2) is 65.7 Å². The van der Waals surface area contributed by atoms with Crippen molar-refractivity contribution in [3.63, 3.8) is 0 Å². The summed E-state index contributed by atoms with van der Waals surface area (Å²) in [4.78, 5) is 16.0. The van der Waals surface area contributed by atoms with Crippen molar-refractivity contribution in [3.05, 3.63) is 11.8 Å². The van der Waals surface area contributed by atoms with Crippen LogP contribution >= 0.6 is 0 Å². The van der Waals surface area contributed by atoms with Crippen LogP contribution in [-0.2, 0) is 16.8 Å². The Bertz CT molecular complexity index is 492. The summed E-state index contributed by atoms with van der Waals surface area (Å²) in [6.45, 7) is 8.91. The third-order valence-electron chi connectivity index (χ3n) is 3.53. The number of nitrogens with one attached hydrogen (secondary N) is 1. The van der Waals surface area contributed by atoms with Gasteiger partial charge in [0.1, 0.15) is 6.04 Å². The fraction of sp³-hybridized carbons (Fsp3) is 0.786. The Balaban J connectivity index is 2.09. The lowest BCUT2D eigenvalue weighted by Crippen LogP contribution is -2.57. The second kappa shape index (κ2) is 6.11. The third kappa shape index (κ3) is 3.79. The predicted molar refractivity (Wildman–Crippen MR) is 78.8 cm³/mol. The van der Waals surface area contributed by atoms with Crippen molar-refractivity contribution in [1.29, 1.82) is 0 Å². The monoisotopic (exact) mass is 295 g/mol. The fourth-order valence-corrected chi connectivity index (χ4v) is 2.27. The highest BCUT2D eigenvalue weighted by Crippen LogP contribution is 2.21. The van der Waals surface area contributed by atoms with Gasteiger partial charge in [0, 0.05) is 39.1 Å². The number of rotatable bonds is 3. The Morgan fingerprint density at radius 1 is 1.43 bits per heavy atom. The average molecular weight is 295 g/mol. The maximum atomic E-state index is 12.2. The lowest BCUT2D eigenvalue weighted by molar-refractivity contribution is -0.135. The molecule has 0 spiro atoms. The van der Waals surface area contributed by atoms with Gasteiger partial charge < -0.3 is 14.6 Å². The largest absolute Gasteiger partial charge is 0.423 e. The molecule has 118 valence electrons. The minimum absolute atomic E-state index is 0.0951. The van der Waals surface area contributed by atoms with Crippen LogP contribution in [0.25, 0.3) is 0 Å². The van der Waals surface area contributed by atoms with Gasteiger partial charge in [0.25, 0.3) is 0 Å². The van der Waals surface area contributed by atoms with Crippen molar-refractivity contribution in [2.24, 2.45) is 0 Å². The van der Waals surface area contributed by atoms with E-state index < -0.39 is 0 Å². The lowest BCUT2D eigenvalue weighted by Gasteiger charge is -2.35. The maximum absolute atomic E-state index is 12.2. The molecule has 1 aliphatic rings. The van der Waals surface area contributed by atoms with Gasteiger partial charge in [-0.3, -0.25) is 9.69 Å². The maximum Gasteiger partial charge on any atom is 0.240 e. The number of aromatic nitrogens is 2. The summed E-state index contributed by atoms with van der Waals surface area (Å²) in [6.07, 6.45) is 0. The molecule has 21 heavy (non-hydrogen) atoms. The van der Waals surface area contributed by atoms with Crippen LogP contribution < -0.4 is 5.32 Å². The molecular weight excluding hydrogens is 270 g/mol. The molecule has 7 nitrogen and oxygen atoms in total. The molecular formula is C14H25N5O2. The molecule has 7 heteroatoms. The van der Waals surface area contributed by atoms with E-state index in [4.69, 9.17) is 4.42 Å². The fourth-order valence-electron chi connectivity index (χ4n) is 2.27. The molecule has 1 aromatic heterocycles. The first-order valence-electron chi connectivity index (χ1n) is 7.28. The highest BCUT2D eigenvalue weighted by Gasteiger charge is 2.31. The minimum atomic E-state index is -0.182. The van der Waals surface area contributed by atoms with Crippen molar-refractivity contribution in [1.82, 2.24) is 25.3 Å². The Labute approximate surface area is 125 Å². The third-order valence-corrected chi connectivity index (χ3v) is 3.53. The van der Waals surface area contributed by atoms with Crippen LogP contribution in [0.3, 0.4) is 0 Å². The number of nitrogens with zero attached hydrogens (tertiary/aromatic N) is 4. The van der Waals surface area contributed by atoms with E-state index in [0.717, 1.165) is 13.1 Å². The van der Waals surface area contributed by atoms with E-state index in [1.807, 2.05) is 20.8 Å². The summed E-state index contributed by atoms with van der Waals surface area (Å²) in [5.74, 6) is 1.29. The summed E-state index contributed by atoms with van der Waals surface area (Å²) >= 11 is 0. The number of hydrogen-bond donors (Lipinski definition) is 1. The van der Waals surface area contributed by atoms with Gasteiger partial charge in [-0.25, -0.2) is 0 Å². The number of carbonyl (C=O) groups excluding carboxylic acids is 1. The summed E-state index contributed by atoms with van der Waals surface area (Å²) in [5, 5.41) is 11.5. The van der Waals surface area contributed by atoms with Crippen molar-refractivity contribution < 1.29 is 9.21 Å². The number of carbonyl (C=O) groups is 1. The molecule has 1 aromatic rings. The highest BCUT2D eigenvalue weighted by atomic mass is 16.4.